The number of aliphatic hydroxyl groups excluding tert-OH is 1. The van der Waals surface area contributed by atoms with Crippen LogP contribution in [0.25, 0.3) is 22.4 Å². The fraction of sp³-hybridized carbons (Fsp3) is 0.294. The number of nitrogens with zero attached hydrogens (tertiary/aromatic N) is 1. The van der Waals surface area contributed by atoms with Crippen molar-refractivity contribution < 1.29 is 19.7 Å². The van der Waals surface area contributed by atoms with Gasteiger partial charge in [0.25, 0.3) is 5.91 Å². The quantitative estimate of drug-likeness (QED) is 0.199. The summed E-state index contributed by atoms with van der Waals surface area (Å²) < 4.78 is 6.53. The molecule has 1 aliphatic heterocycles. The molecule has 3 unspecified atom stereocenters. The van der Waals surface area contributed by atoms with E-state index in [1.54, 1.807) is 18.2 Å². The van der Waals surface area contributed by atoms with Gasteiger partial charge in [-0.3, -0.25) is 4.79 Å². The number of carbonyl (C=O) groups is 1. The predicted molar refractivity (Wildman–Crippen MR) is 167 cm³/mol. The van der Waals surface area contributed by atoms with E-state index in [0.29, 0.717) is 34.5 Å². The maximum Gasteiger partial charge on any atom is 0.255 e. The topological polar surface area (TPSA) is 91.7 Å². The van der Waals surface area contributed by atoms with E-state index >= 15 is 0 Å². The number of para-hydroxylation sites is 1. The van der Waals surface area contributed by atoms with Gasteiger partial charge in [-0.05, 0) is 66.1 Å². The van der Waals surface area contributed by atoms with Crippen LogP contribution in [-0.2, 0) is 0 Å². The first-order chi connectivity index (χ1) is 20.0. The van der Waals surface area contributed by atoms with E-state index in [1.807, 2.05) is 48.5 Å². The molecule has 0 saturated heterocycles. The van der Waals surface area contributed by atoms with Crippen molar-refractivity contribution in [2.24, 2.45) is 5.41 Å². The summed E-state index contributed by atoms with van der Waals surface area (Å²) in [4.78, 5) is 17.7. The second-order valence-electron chi connectivity index (χ2n) is 11.8. The van der Waals surface area contributed by atoms with E-state index in [-0.39, 0.29) is 35.3 Å². The zero-order valence-corrected chi connectivity index (χ0v) is 25.3. The number of rotatable bonds is 7. The highest BCUT2D eigenvalue weighted by Gasteiger charge is 2.38. The van der Waals surface area contributed by atoms with Crippen LogP contribution in [0.4, 0.5) is 0 Å². The van der Waals surface area contributed by atoms with Gasteiger partial charge in [-0.15, -0.1) is 0 Å². The molecule has 8 heteroatoms. The highest BCUT2D eigenvalue weighted by atomic mass is 35.5. The average Bonchev–Trinajstić information content (AvgIpc) is 2.96. The van der Waals surface area contributed by atoms with Crippen LogP contribution in [0.2, 0.25) is 10.0 Å². The Labute approximate surface area is 256 Å². The number of fused-ring (bicyclic) bond motifs is 1. The molecule has 3 N–H and O–H groups in total. The van der Waals surface area contributed by atoms with Crippen molar-refractivity contribution in [1.29, 1.82) is 0 Å². The zero-order chi connectivity index (χ0) is 30.0. The second kappa shape index (κ2) is 12.3. The average molecular weight is 606 g/mol. The molecule has 5 rings (SSSR count). The first kappa shape index (κ1) is 29.9. The maximum atomic E-state index is 12.6. The Morgan fingerprint density at radius 2 is 1.71 bits per heavy atom. The molecule has 0 fully saturated rings. The van der Waals surface area contributed by atoms with Gasteiger partial charge in [0.2, 0.25) is 5.88 Å². The summed E-state index contributed by atoms with van der Waals surface area (Å²) in [5, 5.41) is 25.1. The molecular weight excluding hydrogens is 571 g/mol. The standard InChI is InChI=1S/C34H34Cl2N2O4/c1-34(2,3)30-17-21(16-23(39)19-37-32(41)25-9-5-7-11-29(25)40)27-18-26(20-12-14-22(35)15-13-20)31(38-33(27)42-30)24-8-4-6-10-28(24)36/h4-15,18,21,23,30,39-40H,16-17,19H2,1-3H3,(H,37,41). The number of hydrogen-bond acceptors (Lipinski definition) is 5. The molecule has 3 atom stereocenters. The van der Waals surface area contributed by atoms with E-state index in [9.17, 15) is 15.0 Å². The van der Waals surface area contributed by atoms with Crippen molar-refractivity contribution in [3.05, 3.63) is 100 Å². The lowest BCUT2D eigenvalue weighted by molar-refractivity contribution is 0.0428. The lowest BCUT2D eigenvalue weighted by Crippen LogP contribution is -2.39. The number of halogens is 2. The van der Waals surface area contributed by atoms with Crippen LogP contribution in [0.15, 0.2) is 78.9 Å². The SMILES string of the molecule is CC(C)(C)C1CC(CC(O)CNC(=O)c2ccccc2O)c2cc(-c3ccc(Cl)cc3)c(-c3ccccc3Cl)nc2O1. The third-order valence-corrected chi connectivity index (χ3v) is 8.24. The van der Waals surface area contributed by atoms with E-state index in [0.717, 1.165) is 22.3 Å². The van der Waals surface area contributed by atoms with Crippen LogP contribution >= 0.6 is 23.2 Å². The zero-order valence-electron chi connectivity index (χ0n) is 23.8. The Morgan fingerprint density at radius 3 is 2.40 bits per heavy atom. The Morgan fingerprint density at radius 1 is 1.02 bits per heavy atom. The van der Waals surface area contributed by atoms with Gasteiger partial charge < -0.3 is 20.3 Å². The number of ether oxygens (including phenoxy) is 1. The number of carbonyl (C=O) groups excluding carboxylic acids is 1. The molecule has 0 bridgehead atoms. The fourth-order valence-electron chi connectivity index (χ4n) is 5.31. The van der Waals surface area contributed by atoms with Gasteiger partial charge >= 0.3 is 0 Å². The third-order valence-electron chi connectivity index (χ3n) is 7.66. The van der Waals surface area contributed by atoms with Gasteiger partial charge in [0.05, 0.1) is 17.4 Å². The van der Waals surface area contributed by atoms with Crippen molar-refractivity contribution in [2.75, 3.05) is 6.54 Å². The van der Waals surface area contributed by atoms with E-state index in [1.165, 1.54) is 6.07 Å². The highest BCUT2D eigenvalue weighted by Crippen LogP contribution is 2.47. The summed E-state index contributed by atoms with van der Waals surface area (Å²) in [6.07, 6.45) is 0.0790. The van der Waals surface area contributed by atoms with Crippen molar-refractivity contribution in [2.45, 2.75) is 51.7 Å². The lowest BCUT2D eigenvalue weighted by Gasteiger charge is -2.39. The van der Waals surface area contributed by atoms with Crippen LogP contribution in [0.5, 0.6) is 11.6 Å². The van der Waals surface area contributed by atoms with Gasteiger partial charge in [0, 0.05) is 33.3 Å². The van der Waals surface area contributed by atoms with Gasteiger partial charge in [0.1, 0.15) is 11.9 Å². The first-order valence-corrected chi connectivity index (χ1v) is 14.7. The Kier molecular flexibility index (Phi) is 8.78. The van der Waals surface area contributed by atoms with Crippen LogP contribution in [0.1, 0.15) is 55.5 Å². The molecule has 1 aromatic heterocycles. The number of pyridine rings is 1. The van der Waals surface area contributed by atoms with Crippen molar-refractivity contribution >= 4 is 29.1 Å². The van der Waals surface area contributed by atoms with Crippen LogP contribution in [-0.4, -0.2) is 39.9 Å². The van der Waals surface area contributed by atoms with Gasteiger partial charge in [-0.1, -0.05) is 86.4 Å². The number of benzene rings is 3. The minimum absolute atomic E-state index is 0.0369. The predicted octanol–water partition coefficient (Wildman–Crippen LogP) is 7.89. The van der Waals surface area contributed by atoms with Gasteiger partial charge in [0.15, 0.2) is 0 Å². The van der Waals surface area contributed by atoms with Crippen LogP contribution in [0.3, 0.4) is 0 Å². The monoisotopic (exact) mass is 604 g/mol. The van der Waals surface area contributed by atoms with Crippen molar-refractivity contribution in [1.82, 2.24) is 10.3 Å². The minimum atomic E-state index is -0.835. The molecule has 3 aromatic carbocycles. The Hall–Kier alpha value is -3.58. The second-order valence-corrected chi connectivity index (χ2v) is 12.6. The summed E-state index contributed by atoms with van der Waals surface area (Å²) in [6.45, 7) is 6.41. The lowest BCUT2D eigenvalue weighted by atomic mass is 9.77. The summed E-state index contributed by atoms with van der Waals surface area (Å²) in [6, 6.07) is 23.6. The smallest absolute Gasteiger partial charge is 0.255 e. The molecule has 2 heterocycles. The van der Waals surface area contributed by atoms with Gasteiger partial charge in [-0.25, -0.2) is 4.98 Å². The number of phenols is 1. The number of aromatic nitrogens is 1. The molecule has 0 saturated carbocycles. The molecular formula is C34H34Cl2N2O4. The Bertz CT molecular complexity index is 1580. The number of hydrogen-bond donors (Lipinski definition) is 3. The summed E-state index contributed by atoms with van der Waals surface area (Å²) in [5.74, 6) is -0.118. The van der Waals surface area contributed by atoms with Crippen LogP contribution in [0, 0.1) is 5.41 Å². The molecule has 0 radical (unpaired) electrons. The normalized spacial score (nSPS) is 17.2. The van der Waals surface area contributed by atoms with Crippen molar-refractivity contribution in [3.8, 4) is 34.0 Å². The first-order valence-electron chi connectivity index (χ1n) is 14.0. The molecule has 4 aromatic rings. The summed E-state index contributed by atoms with van der Waals surface area (Å²) in [7, 11) is 0. The Balaban J connectivity index is 1.51. The number of aliphatic hydroxyl groups is 1. The number of amides is 1. The van der Waals surface area contributed by atoms with Crippen molar-refractivity contribution in [3.63, 3.8) is 0 Å². The fourth-order valence-corrected chi connectivity index (χ4v) is 5.66. The molecule has 1 amide bonds. The molecule has 1 aliphatic rings. The van der Waals surface area contributed by atoms with E-state index < -0.39 is 12.0 Å². The summed E-state index contributed by atoms with van der Waals surface area (Å²) >= 11 is 12.9. The molecule has 0 aliphatic carbocycles. The van der Waals surface area contributed by atoms with E-state index in [4.69, 9.17) is 32.9 Å². The highest BCUT2D eigenvalue weighted by molar-refractivity contribution is 6.33. The van der Waals surface area contributed by atoms with E-state index in [2.05, 4.69) is 32.2 Å². The number of nitrogens with one attached hydrogen (secondary N) is 1. The summed E-state index contributed by atoms with van der Waals surface area (Å²) in [5.41, 5.74) is 4.17. The largest absolute Gasteiger partial charge is 0.507 e. The molecule has 0 spiro atoms. The van der Waals surface area contributed by atoms with Crippen LogP contribution < -0.4 is 10.1 Å². The minimum Gasteiger partial charge on any atom is -0.507 e. The maximum absolute atomic E-state index is 12.6. The number of aromatic hydroxyl groups is 1. The molecule has 42 heavy (non-hydrogen) atoms. The molecule has 218 valence electrons. The van der Waals surface area contributed by atoms with Gasteiger partial charge in [-0.2, -0.15) is 0 Å². The number of phenolic OH excluding ortho intramolecular Hbond substituents is 1. The molecule has 6 nitrogen and oxygen atoms in total. The third kappa shape index (κ3) is 6.57.